The van der Waals surface area contributed by atoms with Crippen molar-refractivity contribution in [2.45, 2.75) is 34.2 Å². The number of urea groups is 1. The van der Waals surface area contributed by atoms with Gasteiger partial charge in [0, 0.05) is 43.1 Å². The highest BCUT2D eigenvalue weighted by Gasteiger charge is 2.37. The van der Waals surface area contributed by atoms with E-state index in [4.69, 9.17) is 23.9 Å². The Morgan fingerprint density at radius 3 is 2.32 bits per heavy atom. The average molecular weight is 639 g/mol. The molecule has 6 rings (SSSR count). The van der Waals surface area contributed by atoms with E-state index in [1.807, 2.05) is 64.1 Å². The number of nitrogens with zero attached hydrogens (tertiary/aromatic N) is 5. The number of amides is 2. The maximum atomic E-state index is 14.5. The van der Waals surface area contributed by atoms with Crippen molar-refractivity contribution in [3.05, 3.63) is 82.5 Å². The lowest BCUT2D eigenvalue weighted by atomic mass is 10.1. The second-order valence-corrected chi connectivity index (χ2v) is 11.9. The normalized spacial score (nSPS) is 15.0. The molecule has 2 aliphatic rings. The van der Waals surface area contributed by atoms with Gasteiger partial charge < -0.3 is 24.3 Å². The van der Waals surface area contributed by atoms with Gasteiger partial charge in [0.15, 0.2) is 5.82 Å². The second kappa shape index (κ2) is 13.9. The van der Waals surface area contributed by atoms with Crippen molar-refractivity contribution in [2.75, 3.05) is 68.8 Å². The van der Waals surface area contributed by atoms with E-state index in [1.54, 1.807) is 42.3 Å². The lowest BCUT2D eigenvalue weighted by molar-refractivity contribution is 0.0322. The van der Waals surface area contributed by atoms with Crippen LogP contribution in [-0.4, -0.2) is 74.6 Å². The van der Waals surface area contributed by atoms with Gasteiger partial charge in [0.2, 0.25) is 5.95 Å². The molecule has 0 atom stereocenters. The highest BCUT2D eigenvalue weighted by atomic mass is 16.5. The summed E-state index contributed by atoms with van der Waals surface area (Å²) in [5.41, 5.74) is 7.06. The molecule has 4 aromatic rings. The van der Waals surface area contributed by atoms with Crippen molar-refractivity contribution >= 4 is 34.9 Å². The number of nitrogens with one attached hydrogen (secondary N) is 1. The number of carbonyl (C=O) groups excluding carboxylic acids is 1. The number of fused-ring (bicyclic) bond motifs is 1. The monoisotopic (exact) mass is 638 g/mol. The largest absolute Gasteiger partial charge is 0.497 e. The Hall–Kier alpha value is -4.87. The Kier molecular flexibility index (Phi) is 9.46. The lowest BCUT2D eigenvalue weighted by Crippen LogP contribution is -2.46. The number of benzene rings is 3. The fourth-order valence-electron chi connectivity index (χ4n) is 6.29. The lowest BCUT2D eigenvalue weighted by Gasteiger charge is -2.37. The van der Waals surface area contributed by atoms with Crippen molar-refractivity contribution in [3.63, 3.8) is 0 Å². The highest BCUT2D eigenvalue weighted by molar-refractivity contribution is 6.11. The van der Waals surface area contributed by atoms with E-state index < -0.39 is 0 Å². The van der Waals surface area contributed by atoms with Gasteiger partial charge in [-0.15, -0.1) is 0 Å². The molecule has 246 valence electrons. The summed E-state index contributed by atoms with van der Waals surface area (Å²) in [6, 6.07) is 15.2. The van der Waals surface area contributed by atoms with Crippen molar-refractivity contribution < 1.29 is 23.7 Å². The molecule has 1 fully saturated rings. The van der Waals surface area contributed by atoms with Crippen LogP contribution >= 0.6 is 0 Å². The number of ether oxygens (including phenoxy) is 4. The fraction of sp³-hybridized carbons (Fsp3) is 0.361. The molecule has 11 heteroatoms. The number of para-hydroxylation sites is 1. The molecule has 0 spiro atoms. The minimum Gasteiger partial charge on any atom is -0.497 e. The van der Waals surface area contributed by atoms with E-state index in [0.29, 0.717) is 42.1 Å². The molecule has 2 aliphatic heterocycles. The van der Waals surface area contributed by atoms with Gasteiger partial charge in [-0.2, -0.15) is 4.98 Å². The fourth-order valence-corrected chi connectivity index (χ4v) is 6.29. The van der Waals surface area contributed by atoms with Crippen LogP contribution in [0.2, 0.25) is 0 Å². The first-order valence-electron chi connectivity index (χ1n) is 15.8. The number of aryl methyl sites for hydroxylation is 4. The molecule has 1 N–H and O–H groups in total. The first-order chi connectivity index (χ1) is 22.8. The van der Waals surface area contributed by atoms with Crippen LogP contribution in [-0.2, 0) is 11.3 Å². The molecule has 0 aliphatic carbocycles. The zero-order valence-electron chi connectivity index (χ0n) is 27.9. The summed E-state index contributed by atoms with van der Waals surface area (Å²) in [6.45, 7) is 13.3. The first-order valence-corrected chi connectivity index (χ1v) is 15.8. The summed E-state index contributed by atoms with van der Waals surface area (Å²) in [6.07, 6.45) is 1.78. The summed E-state index contributed by atoms with van der Waals surface area (Å²) in [4.78, 5) is 29.8. The SMILES string of the molecule is COc1ccc(N2C(=O)N(c3c(C)cccc3C)Cc3cnc(Nc4cc(C)c(OCCN5CCOCC5)c(C)c4)nc32)c(OC)c1. The number of hydrogen-bond donors (Lipinski definition) is 1. The minimum absolute atomic E-state index is 0.242. The molecule has 0 unspecified atom stereocenters. The summed E-state index contributed by atoms with van der Waals surface area (Å²) >= 11 is 0. The van der Waals surface area contributed by atoms with Crippen LogP contribution in [0, 0.1) is 27.7 Å². The van der Waals surface area contributed by atoms with E-state index in [0.717, 1.165) is 77.8 Å². The standard InChI is InChI=1S/C36H42N6O5/c1-23-8-7-9-24(2)32(23)41-22-27-21-37-35(39-34(27)42(36(41)43)30-11-10-29(44-5)20-31(30)45-6)38-28-18-25(3)33(26(4)19-28)47-17-14-40-12-15-46-16-13-40/h7-11,18-21H,12-17,22H2,1-6H3,(H,37,38,39). The third-order valence-electron chi connectivity index (χ3n) is 8.62. The zero-order chi connectivity index (χ0) is 33.1. The summed E-state index contributed by atoms with van der Waals surface area (Å²) in [5, 5.41) is 3.36. The van der Waals surface area contributed by atoms with Gasteiger partial charge in [0.1, 0.15) is 23.9 Å². The number of morpholine rings is 1. The van der Waals surface area contributed by atoms with Crippen LogP contribution in [0.1, 0.15) is 27.8 Å². The van der Waals surface area contributed by atoms with Gasteiger partial charge in [-0.05, 0) is 74.2 Å². The predicted octanol–water partition coefficient (Wildman–Crippen LogP) is 6.46. The molecule has 3 aromatic carbocycles. The molecule has 0 bridgehead atoms. The van der Waals surface area contributed by atoms with Crippen LogP contribution in [0.4, 0.5) is 33.6 Å². The smallest absolute Gasteiger partial charge is 0.335 e. The molecular weight excluding hydrogens is 596 g/mol. The second-order valence-electron chi connectivity index (χ2n) is 11.9. The molecule has 1 aromatic heterocycles. The Bertz CT molecular complexity index is 1730. The highest BCUT2D eigenvalue weighted by Crippen LogP contribution is 2.42. The third kappa shape index (κ3) is 6.68. The van der Waals surface area contributed by atoms with Crippen LogP contribution in [0.15, 0.2) is 54.7 Å². The maximum absolute atomic E-state index is 14.5. The predicted molar refractivity (Wildman–Crippen MR) is 183 cm³/mol. The van der Waals surface area contributed by atoms with Gasteiger partial charge >= 0.3 is 6.03 Å². The Morgan fingerprint density at radius 2 is 1.64 bits per heavy atom. The Morgan fingerprint density at radius 1 is 0.915 bits per heavy atom. The number of carbonyl (C=O) groups is 1. The number of hydrogen-bond acceptors (Lipinski definition) is 9. The molecular formula is C36H42N6O5. The van der Waals surface area contributed by atoms with Crippen LogP contribution < -0.4 is 29.3 Å². The van der Waals surface area contributed by atoms with Crippen LogP contribution in [0.5, 0.6) is 17.2 Å². The Labute approximate surface area is 276 Å². The van der Waals surface area contributed by atoms with Gasteiger partial charge in [-0.25, -0.2) is 14.7 Å². The number of rotatable bonds is 10. The van der Waals surface area contributed by atoms with Gasteiger partial charge in [-0.3, -0.25) is 9.80 Å². The quantitative estimate of drug-likeness (QED) is 0.210. The van der Waals surface area contributed by atoms with Gasteiger partial charge in [0.25, 0.3) is 0 Å². The van der Waals surface area contributed by atoms with E-state index in [1.165, 1.54) is 0 Å². The minimum atomic E-state index is -0.242. The maximum Gasteiger partial charge on any atom is 0.335 e. The molecule has 47 heavy (non-hydrogen) atoms. The zero-order valence-corrected chi connectivity index (χ0v) is 27.9. The van der Waals surface area contributed by atoms with E-state index in [2.05, 4.69) is 15.2 Å². The number of methoxy groups -OCH3 is 2. The van der Waals surface area contributed by atoms with Gasteiger partial charge in [0.05, 0.1) is 45.4 Å². The van der Waals surface area contributed by atoms with Crippen LogP contribution in [0.25, 0.3) is 0 Å². The number of anilines is 5. The molecule has 11 nitrogen and oxygen atoms in total. The third-order valence-corrected chi connectivity index (χ3v) is 8.62. The summed E-state index contributed by atoms with van der Waals surface area (Å²) in [7, 11) is 3.17. The molecule has 1 saturated heterocycles. The average Bonchev–Trinajstić information content (AvgIpc) is 3.06. The molecule has 0 saturated carbocycles. The van der Waals surface area contributed by atoms with Crippen molar-refractivity contribution in [1.29, 1.82) is 0 Å². The number of aromatic nitrogens is 2. The molecule has 0 radical (unpaired) electrons. The van der Waals surface area contributed by atoms with Crippen molar-refractivity contribution in [2.24, 2.45) is 0 Å². The molecule has 2 amide bonds. The first kappa shape index (κ1) is 32.1. The molecule has 3 heterocycles. The van der Waals surface area contributed by atoms with Crippen molar-refractivity contribution in [1.82, 2.24) is 14.9 Å². The van der Waals surface area contributed by atoms with Crippen LogP contribution in [0.3, 0.4) is 0 Å². The summed E-state index contributed by atoms with van der Waals surface area (Å²) in [5.74, 6) is 2.83. The van der Waals surface area contributed by atoms with E-state index in [9.17, 15) is 4.79 Å². The van der Waals surface area contributed by atoms with Crippen molar-refractivity contribution in [3.8, 4) is 17.2 Å². The topological polar surface area (TPSA) is 102 Å². The van der Waals surface area contributed by atoms with Gasteiger partial charge in [-0.1, -0.05) is 18.2 Å². The summed E-state index contributed by atoms with van der Waals surface area (Å²) < 4.78 is 22.8. The Balaban J connectivity index is 1.31. The van der Waals surface area contributed by atoms with E-state index >= 15 is 0 Å². The van der Waals surface area contributed by atoms with E-state index in [-0.39, 0.29) is 6.03 Å².